The first-order chi connectivity index (χ1) is 5.18. The van der Waals surface area contributed by atoms with Crippen molar-refractivity contribution in [1.29, 1.82) is 5.26 Å². The standard InChI is InChI=1S/C9H14N2/c1-8(2)6-9(7-10)4-3-5-11-9/h11H,1,3-6H2,2H3. The highest BCUT2D eigenvalue weighted by atomic mass is 15.0. The van der Waals surface area contributed by atoms with Crippen LogP contribution in [0, 0.1) is 11.3 Å². The van der Waals surface area contributed by atoms with Crippen molar-refractivity contribution in [2.75, 3.05) is 6.54 Å². The maximum absolute atomic E-state index is 8.91. The molecule has 0 radical (unpaired) electrons. The Hall–Kier alpha value is -0.810. The van der Waals surface area contributed by atoms with E-state index in [2.05, 4.69) is 18.0 Å². The van der Waals surface area contributed by atoms with Crippen LogP contribution in [0.1, 0.15) is 26.2 Å². The predicted molar refractivity (Wildman–Crippen MR) is 45.0 cm³/mol. The van der Waals surface area contributed by atoms with E-state index in [-0.39, 0.29) is 5.54 Å². The number of nitrogens with zero attached hydrogens (tertiary/aromatic N) is 1. The molecule has 11 heavy (non-hydrogen) atoms. The van der Waals surface area contributed by atoms with Crippen LogP contribution in [0.25, 0.3) is 0 Å². The van der Waals surface area contributed by atoms with Crippen molar-refractivity contribution in [3.05, 3.63) is 12.2 Å². The van der Waals surface area contributed by atoms with Gasteiger partial charge < -0.3 is 0 Å². The minimum Gasteiger partial charge on any atom is -0.299 e. The molecular weight excluding hydrogens is 136 g/mol. The van der Waals surface area contributed by atoms with Gasteiger partial charge in [0.2, 0.25) is 0 Å². The van der Waals surface area contributed by atoms with E-state index >= 15 is 0 Å². The molecular formula is C9H14N2. The van der Waals surface area contributed by atoms with Crippen molar-refractivity contribution in [3.63, 3.8) is 0 Å². The van der Waals surface area contributed by atoms with Crippen molar-refractivity contribution >= 4 is 0 Å². The summed E-state index contributed by atoms with van der Waals surface area (Å²) < 4.78 is 0. The zero-order valence-electron chi connectivity index (χ0n) is 6.98. The molecule has 0 aromatic rings. The molecule has 1 aliphatic rings. The second-order valence-corrected chi connectivity index (χ2v) is 3.36. The first-order valence-corrected chi connectivity index (χ1v) is 3.99. The molecule has 0 aromatic heterocycles. The van der Waals surface area contributed by atoms with Crippen LogP contribution in [0.5, 0.6) is 0 Å². The number of nitrogens with one attached hydrogen (secondary N) is 1. The van der Waals surface area contributed by atoms with Gasteiger partial charge in [0, 0.05) is 0 Å². The normalized spacial score (nSPS) is 29.8. The molecule has 1 aliphatic heterocycles. The second-order valence-electron chi connectivity index (χ2n) is 3.36. The monoisotopic (exact) mass is 150 g/mol. The summed E-state index contributed by atoms with van der Waals surface area (Å²) in [6, 6.07) is 2.34. The molecule has 0 aromatic carbocycles. The lowest BCUT2D eigenvalue weighted by molar-refractivity contribution is 0.479. The highest BCUT2D eigenvalue weighted by Crippen LogP contribution is 2.24. The zero-order valence-corrected chi connectivity index (χ0v) is 6.98. The van der Waals surface area contributed by atoms with Crippen molar-refractivity contribution in [2.45, 2.75) is 31.7 Å². The summed E-state index contributed by atoms with van der Waals surface area (Å²) in [5.74, 6) is 0. The van der Waals surface area contributed by atoms with Crippen molar-refractivity contribution < 1.29 is 0 Å². The molecule has 0 amide bonds. The molecule has 1 saturated heterocycles. The molecule has 1 unspecified atom stereocenters. The molecule has 0 bridgehead atoms. The van der Waals surface area contributed by atoms with E-state index in [9.17, 15) is 0 Å². The van der Waals surface area contributed by atoms with Gasteiger partial charge in [0.05, 0.1) is 6.07 Å². The number of hydrogen-bond donors (Lipinski definition) is 1. The smallest absolute Gasteiger partial charge is 0.110 e. The molecule has 2 nitrogen and oxygen atoms in total. The highest BCUT2D eigenvalue weighted by Gasteiger charge is 2.32. The maximum Gasteiger partial charge on any atom is 0.110 e. The van der Waals surface area contributed by atoms with Gasteiger partial charge in [-0.2, -0.15) is 5.26 Å². The lowest BCUT2D eigenvalue weighted by Gasteiger charge is -2.20. The largest absolute Gasteiger partial charge is 0.299 e. The van der Waals surface area contributed by atoms with Crippen molar-refractivity contribution in [1.82, 2.24) is 5.32 Å². The SMILES string of the molecule is C=C(C)CC1(C#N)CCCN1. The van der Waals surface area contributed by atoms with Crippen LogP contribution in [0.2, 0.25) is 0 Å². The Morgan fingerprint density at radius 1 is 1.82 bits per heavy atom. The van der Waals surface area contributed by atoms with Gasteiger partial charge in [0.15, 0.2) is 0 Å². The molecule has 0 aliphatic carbocycles. The van der Waals surface area contributed by atoms with Gasteiger partial charge in [0.1, 0.15) is 5.54 Å². The Bertz CT molecular complexity index is 194. The Balaban J connectivity index is 2.61. The molecule has 1 atom stereocenters. The van der Waals surface area contributed by atoms with E-state index in [1.165, 1.54) is 0 Å². The minimum atomic E-state index is -0.286. The molecule has 1 N–H and O–H groups in total. The first-order valence-electron chi connectivity index (χ1n) is 3.99. The van der Waals surface area contributed by atoms with Crippen LogP contribution < -0.4 is 5.32 Å². The van der Waals surface area contributed by atoms with Gasteiger partial charge in [-0.3, -0.25) is 5.32 Å². The summed E-state index contributed by atoms with van der Waals surface area (Å²) in [7, 11) is 0. The van der Waals surface area contributed by atoms with Gasteiger partial charge in [-0.25, -0.2) is 0 Å². The third-order valence-corrected chi connectivity index (χ3v) is 2.06. The Kier molecular flexibility index (Phi) is 2.31. The minimum absolute atomic E-state index is 0.286. The van der Waals surface area contributed by atoms with E-state index in [0.717, 1.165) is 31.4 Å². The van der Waals surface area contributed by atoms with Crippen LogP contribution in [0.4, 0.5) is 0 Å². The van der Waals surface area contributed by atoms with E-state index in [0.29, 0.717) is 0 Å². The summed E-state index contributed by atoms with van der Waals surface area (Å²) in [6.45, 7) is 6.76. The summed E-state index contributed by atoms with van der Waals surface area (Å²) in [5.41, 5.74) is 0.798. The average molecular weight is 150 g/mol. The highest BCUT2D eigenvalue weighted by molar-refractivity contribution is 5.15. The molecule has 1 heterocycles. The molecule has 2 heteroatoms. The van der Waals surface area contributed by atoms with Crippen LogP contribution in [-0.2, 0) is 0 Å². The molecule has 1 fully saturated rings. The second kappa shape index (κ2) is 3.06. The summed E-state index contributed by atoms with van der Waals surface area (Å²) >= 11 is 0. The molecule has 60 valence electrons. The third kappa shape index (κ3) is 1.81. The average Bonchev–Trinajstić information content (AvgIpc) is 2.36. The first kappa shape index (κ1) is 8.29. The third-order valence-electron chi connectivity index (χ3n) is 2.06. The van der Waals surface area contributed by atoms with E-state index in [1.807, 2.05) is 6.92 Å². The molecule has 1 rings (SSSR count). The van der Waals surface area contributed by atoms with Gasteiger partial charge >= 0.3 is 0 Å². The quantitative estimate of drug-likeness (QED) is 0.607. The van der Waals surface area contributed by atoms with Crippen LogP contribution >= 0.6 is 0 Å². The van der Waals surface area contributed by atoms with Gasteiger partial charge in [0.25, 0.3) is 0 Å². The summed E-state index contributed by atoms with van der Waals surface area (Å²) in [5, 5.41) is 12.1. The van der Waals surface area contributed by atoms with Crippen molar-refractivity contribution in [2.24, 2.45) is 0 Å². The Labute approximate surface area is 67.9 Å². The summed E-state index contributed by atoms with van der Waals surface area (Å²) in [4.78, 5) is 0. The van der Waals surface area contributed by atoms with Gasteiger partial charge in [-0.1, -0.05) is 5.57 Å². The summed E-state index contributed by atoms with van der Waals surface area (Å²) in [6.07, 6.45) is 2.88. The van der Waals surface area contributed by atoms with Crippen molar-refractivity contribution in [3.8, 4) is 6.07 Å². The van der Waals surface area contributed by atoms with Crippen LogP contribution in [-0.4, -0.2) is 12.1 Å². The van der Waals surface area contributed by atoms with Gasteiger partial charge in [-0.05, 0) is 32.7 Å². The lowest BCUT2D eigenvalue weighted by atomic mass is 9.92. The van der Waals surface area contributed by atoms with Gasteiger partial charge in [-0.15, -0.1) is 6.58 Å². The number of hydrogen-bond acceptors (Lipinski definition) is 2. The number of rotatable bonds is 2. The topological polar surface area (TPSA) is 35.8 Å². The van der Waals surface area contributed by atoms with E-state index in [1.54, 1.807) is 0 Å². The maximum atomic E-state index is 8.91. The fourth-order valence-corrected chi connectivity index (χ4v) is 1.61. The van der Waals surface area contributed by atoms with E-state index in [4.69, 9.17) is 5.26 Å². The fraction of sp³-hybridized carbons (Fsp3) is 0.667. The predicted octanol–water partition coefficient (Wildman–Crippen LogP) is 1.60. The lowest BCUT2D eigenvalue weighted by Crippen LogP contribution is -2.38. The zero-order chi connectivity index (χ0) is 8.32. The Morgan fingerprint density at radius 3 is 2.91 bits per heavy atom. The van der Waals surface area contributed by atoms with Crippen LogP contribution in [0.3, 0.4) is 0 Å². The van der Waals surface area contributed by atoms with E-state index < -0.39 is 0 Å². The molecule has 0 saturated carbocycles. The molecule has 0 spiro atoms. The number of nitriles is 1. The van der Waals surface area contributed by atoms with Crippen LogP contribution in [0.15, 0.2) is 12.2 Å². The Morgan fingerprint density at radius 2 is 2.55 bits per heavy atom. The fourth-order valence-electron chi connectivity index (χ4n) is 1.61.